The standard InChI is InChI=1S/C22H22ClN5O3/c1-31-14-18(29)27-11-12-28-20(19(27)16-5-3-2-4-6-16)25-26-21(28)22(30)24-13-15-7-9-17(23)10-8-15/h2-10,19H,11-14H2,1H3,(H,24,30)/t19-/m1/s1. The normalized spacial score (nSPS) is 15.4. The number of carbonyl (C=O) groups excluding carboxylic acids is 2. The highest BCUT2D eigenvalue weighted by Crippen LogP contribution is 2.31. The molecular formula is C22H22ClN5O3. The molecule has 1 aliphatic heterocycles. The summed E-state index contributed by atoms with van der Waals surface area (Å²) in [5, 5.41) is 12.0. The minimum absolute atomic E-state index is 0.0219. The first-order chi connectivity index (χ1) is 15.1. The fourth-order valence-corrected chi connectivity index (χ4v) is 3.81. The number of nitrogens with zero attached hydrogens (tertiary/aromatic N) is 4. The number of aromatic nitrogens is 3. The topological polar surface area (TPSA) is 89.4 Å². The number of methoxy groups -OCH3 is 1. The van der Waals surface area contributed by atoms with E-state index in [0.717, 1.165) is 11.1 Å². The van der Waals surface area contributed by atoms with Crippen molar-refractivity contribution in [2.75, 3.05) is 20.3 Å². The molecule has 0 fully saturated rings. The van der Waals surface area contributed by atoms with Crippen molar-refractivity contribution >= 4 is 23.4 Å². The Bertz CT molecular complexity index is 1070. The Kier molecular flexibility index (Phi) is 6.29. The highest BCUT2D eigenvalue weighted by atomic mass is 35.5. The van der Waals surface area contributed by atoms with Crippen LogP contribution >= 0.6 is 11.6 Å². The highest BCUT2D eigenvalue weighted by molar-refractivity contribution is 6.30. The Morgan fingerprint density at radius 1 is 1.10 bits per heavy atom. The molecule has 1 atom stereocenters. The lowest BCUT2D eigenvalue weighted by Gasteiger charge is -2.36. The van der Waals surface area contributed by atoms with Gasteiger partial charge in [0, 0.05) is 31.8 Å². The second-order valence-corrected chi connectivity index (χ2v) is 7.61. The molecule has 160 valence electrons. The van der Waals surface area contributed by atoms with Crippen LogP contribution in [0.1, 0.15) is 33.6 Å². The van der Waals surface area contributed by atoms with Gasteiger partial charge in [0.15, 0.2) is 5.82 Å². The van der Waals surface area contributed by atoms with Gasteiger partial charge in [0.1, 0.15) is 12.6 Å². The molecule has 0 unspecified atom stereocenters. The van der Waals surface area contributed by atoms with Crippen molar-refractivity contribution in [1.82, 2.24) is 25.0 Å². The second-order valence-electron chi connectivity index (χ2n) is 7.18. The Hall–Kier alpha value is -3.23. The number of carbonyl (C=O) groups is 2. The Balaban J connectivity index is 1.60. The largest absolute Gasteiger partial charge is 0.375 e. The molecule has 1 aromatic heterocycles. The lowest BCUT2D eigenvalue weighted by molar-refractivity contribution is -0.138. The molecule has 0 spiro atoms. The summed E-state index contributed by atoms with van der Waals surface area (Å²) in [5.41, 5.74) is 1.82. The summed E-state index contributed by atoms with van der Waals surface area (Å²) in [6.45, 7) is 1.17. The van der Waals surface area contributed by atoms with Crippen molar-refractivity contribution in [1.29, 1.82) is 0 Å². The molecule has 0 aliphatic carbocycles. The number of hydrogen-bond acceptors (Lipinski definition) is 5. The van der Waals surface area contributed by atoms with Crippen molar-refractivity contribution < 1.29 is 14.3 Å². The van der Waals surface area contributed by atoms with E-state index in [1.165, 1.54) is 7.11 Å². The van der Waals surface area contributed by atoms with Crippen molar-refractivity contribution in [2.24, 2.45) is 0 Å². The van der Waals surface area contributed by atoms with Crippen molar-refractivity contribution in [3.05, 3.63) is 82.4 Å². The zero-order valence-corrected chi connectivity index (χ0v) is 17.7. The first-order valence-electron chi connectivity index (χ1n) is 9.87. The predicted octanol–water partition coefficient (Wildman–Crippen LogP) is 2.44. The van der Waals surface area contributed by atoms with Crippen LogP contribution in [0.4, 0.5) is 0 Å². The Morgan fingerprint density at radius 3 is 2.55 bits per heavy atom. The maximum atomic E-state index is 12.8. The number of ether oxygens (including phenoxy) is 1. The Morgan fingerprint density at radius 2 is 1.84 bits per heavy atom. The molecule has 3 aromatic rings. The zero-order valence-electron chi connectivity index (χ0n) is 17.0. The number of nitrogens with one attached hydrogen (secondary N) is 1. The molecule has 4 rings (SSSR count). The molecule has 31 heavy (non-hydrogen) atoms. The molecule has 1 N–H and O–H groups in total. The maximum Gasteiger partial charge on any atom is 0.289 e. The van der Waals surface area contributed by atoms with Gasteiger partial charge in [-0.3, -0.25) is 9.59 Å². The molecule has 8 nitrogen and oxygen atoms in total. The Labute approximate surface area is 184 Å². The average Bonchev–Trinajstić information content (AvgIpc) is 3.23. The summed E-state index contributed by atoms with van der Waals surface area (Å²) in [6.07, 6.45) is 0. The molecule has 0 saturated carbocycles. The molecule has 2 aromatic carbocycles. The first kappa shape index (κ1) is 21.0. The molecule has 2 amide bonds. The smallest absolute Gasteiger partial charge is 0.289 e. The van der Waals surface area contributed by atoms with Crippen LogP contribution in [-0.2, 0) is 22.6 Å². The van der Waals surface area contributed by atoms with Crippen LogP contribution in [0.15, 0.2) is 54.6 Å². The van der Waals surface area contributed by atoms with Gasteiger partial charge in [-0.05, 0) is 23.3 Å². The van der Waals surface area contributed by atoms with Gasteiger partial charge in [0.05, 0.1) is 0 Å². The number of amides is 2. The van der Waals surface area contributed by atoms with Crippen LogP contribution in [0.3, 0.4) is 0 Å². The summed E-state index contributed by atoms with van der Waals surface area (Å²) < 4.78 is 6.83. The zero-order chi connectivity index (χ0) is 21.8. The maximum absolute atomic E-state index is 12.8. The van der Waals surface area contributed by atoms with Gasteiger partial charge in [-0.15, -0.1) is 10.2 Å². The first-order valence-corrected chi connectivity index (χ1v) is 10.3. The van der Waals surface area contributed by atoms with E-state index in [1.54, 1.807) is 21.6 Å². The minimum Gasteiger partial charge on any atom is -0.375 e. The minimum atomic E-state index is -0.442. The lowest BCUT2D eigenvalue weighted by Crippen LogP contribution is -2.45. The van der Waals surface area contributed by atoms with E-state index < -0.39 is 6.04 Å². The van der Waals surface area contributed by atoms with Gasteiger partial charge < -0.3 is 19.5 Å². The molecule has 2 heterocycles. The van der Waals surface area contributed by atoms with Gasteiger partial charge >= 0.3 is 0 Å². The third-order valence-electron chi connectivity index (χ3n) is 5.17. The molecule has 0 saturated heterocycles. The summed E-state index contributed by atoms with van der Waals surface area (Å²) in [7, 11) is 1.49. The third kappa shape index (κ3) is 4.45. The highest BCUT2D eigenvalue weighted by Gasteiger charge is 2.36. The van der Waals surface area contributed by atoms with Crippen LogP contribution in [0.2, 0.25) is 5.02 Å². The van der Waals surface area contributed by atoms with E-state index >= 15 is 0 Å². The summed E-state index contributed by atoms with van der Waals surface area (Å²) in [6, 6.07) is 16.4. The van der Waals surface area contributed by atoms with Crippen LogP contribution in [-0.4, -0.2) is 51.7 Å². The van der Waals surface area contributed by atoms with E-state index in [-0.39, 0.29) is 24.2 Å². The van der Waals surface area contributed by atoms with Gasteiger partial charge in [0.25, 0.3) is 5.91 Å². The number of rotatable bonds is 6. The van der Waals surface area contributed by atoms with Crippen LogP contribution in [0, 0.1) is 0 Å². The van der Waals surface area contributed by atoms with E-state index in [2.05, 4.69) is 15.5 Å². The quantitative estimate of drug-likeness (QED) is 0.637. The van der Waals surface area contributed by atoms with E-state index in [4.69, 9.17) is 16.3 Å². The van der Waals surface area contributed by atoms with Crippen molar-refractivity contribution in [3.63, 3.8) is 0 Å². The SMILES string of the molecule is COCC(=O)N1CCn2c(C(=O)NCc3ccc(Cl)cc3)nnc2[C@H]1c1ccccc1. The van der Waals surface area contributed by atoms with Crippen LogP contribution in [0.5, 0.6) is 0 Å². The third-order valence-corrected chi connectivity index (χ3v) is 5.43. The van der Waals surface area contributed by atoms with E-state index in [9.17, 15) is 9.59 Å². The van der Waals surface area contributed by atoms with E-state index in [0.29, 0.717) is 30.5 Å². The van der Waals surface area contributed by atoms with Crippen molar-refractivity contribution in [3.8, 4) is 0 Å². The average molecular weight is 440 g/mol. The lowest BCUT2D eigenvalue weighted by atomic mass is 10.0. The fourth-order valence-electron chi connectivity index (χ4n) is 3.69. The summed E-state index contributed by atoms with van der Waals surface area (Å²) in [5.74, 6) is 0.318. The predicted molar refractivity (Wildman–Crippen MR) is 115 cm³/mol. The van der Waals surface area contributed by atoms with Crippen LogP contribution in [0.25, 0.3) is 0 Å². The number of fused-ring (bicyclic) bond motifs is 1. The van der Waals surface area contributed by atoms with E-state index in [1.807, 2.05) is 42.5 Å². The molecular weight excluding hydrogens is 418 g/mol. The summed E-state index contributed by atoms with van der Waals surface area (Å²) in [4.78, 5) is 27.2. The number of benzene rings is 2. The second kappa shape index (κ2) is 9.28. The molecule has 0 radical (unpaired) electrons. The van der Waals surface area contributed by atoms with Crippen molar-refractivity contribution in [2.45, 2.75) is 19.1 Å². The van der Waals surface area contributed by atoms with Gasteiger partial charge in [-0.1, -0.05) is 54.1 Å². The monoisotopic (exact) mass is 439 g/mol. The molecule has 0 bridgehead atoms. The number of halogens is 1. The fraction of sp³-hybridized carbons (Fsp3) is 0.273. The van der Waals surface area contributed by atoms with Gasteiger partial charge in [-0.25, -0.2) is 0 Å². The van der Waals surface area contributed by atoms with Gasteiger partial charge in [0.2, 0.25) is 11.7 Å². The van der Waals surface area contributed by atoms with Gasteiger partial charge in [-0.2, -0.15) is 0 Å². The molecule has 9 heteroatoms. The van der Waals surface area contributed by atoms with Crippen LogP contribution < -0.4 is 5.32 Å². The summed E-state index contributed by atoms with van der Waals surface area (Å²) >= 11 is 5.91. The molecule has 1 aliphatic rings. The number of hydrogen-bond donors (Lipinski definition) is 1.